The number of carboxylic acids is 1. The molecule has 0 bridgehead atoms. The van der Waals surface area contributed by atoms with Crippen LogP contribution in [0, 0.1) is 0 Å². The van der Waals surface area contributed by atoms with Crippen LogP contribution in [0.5, 0.6) is 0 Å². The van der Waals surface area contributed by atoms with Crippen molar-refractivity contribution >= 4 is 17.8 Å². The summed E-state index contributed by atoms with van der Waals surface area (Å²) in [4.78, 5) is 34.2. The van der Waals surface area contributed by atoms with Gasteiger partial charge in [-0.25, -0.2) is 4.79 Å². The molecule has 0 saturated heterocycles. The van der Waals surface area contributed by atoms with E-state index in [0.717, 1.165) is 0 Å². The average Bonchev–Trinajstić information content (AvgIpc) is 2.91. The van der Waals surface area contributed by atoms with E-state index in [0.29, 0.717) is 0 Å². The topological polar surface area (TPSA) is 129 Å². The summed E-state index contributed by atoms with van der Waals surface area (Å²) in [5, 5.41) is 22.1. The van der Waals surface area contributed by atoms with Gasteiger partial charge >= 0.3 is 5.97 Å². The predicted octanol–water partition coefficient (Wildman–Crippen LogP) is -0.650. The number of hydrogen-bond donors (Lipinski definition) is 4. The van der Waals surface area contributed by atoms with Gasteiger partial charge in [0.2, 0.25) is 5.91 Å². The van der Waals surface area contributed by atoms with Crippen molar-refractivity contribution in [2.24, 2.45) is 0 Å². The highest BCUT2D eigenvalue weighted by atomic mass is 16.4. The summed E-state index contributed by atoms with van der Waals surface area (Å²) in [5.74, 6) is -2.44. The number of hydrogen-bond acceptors (Lipinski definition) is 5. The number of amides is 2. The fraction of sp³-hybridized carbons (Fsp3) is 0.417. The summed E-state index contributed by atoms with van der Waals surface area (Å²) in [5.41, 5.74) is 0. The highest BCUT2D eigenvalue weighted by Crippen LogP contribution is 2.00. The lowest BCUT2D eigenvalue weighted by molar-refractivity contribution is -0.142. The lowest BCUT2D eigenvalue weighted by Gasteiger charge is -2.17. The summed E-state index contributed by atoms with van der Waals surface area (Å²) >= 11 is 0. The van der Waals surface area contributed by atoms with Crippen molar-refractivity contribution in [1.29, 1.82) is 0 Å². The molecular weight excluding hydrogens is 268 g/mol. The summed E-state index contributed by atoms with van der Waals surface area (Å²) in [6.45, 7) is 1.04. The molecule has 0 aliphatic heterocycles. The number of aliphatic hydroxyl groups excluding tert-OH is 1. The van der Waals surface area contributed by atoms with Crippen molar-refractivity contribution in [3.05, 3.63) is 24.2 Å². The third-order valence-corrected chi connectivity index (χ3v) is 2.52. The van der Waals surface area contributed by atoms with Crippen LogP contribution in [0.2, 0.25) is 0 Å². The van der Waals surface area contributed by atoms with E-state index in [2.05, 4.69) is 10.6 Å². The van der Waals surface area contributed by atoms with Gasteiger partial charge in [0.1, 0.15) is 12.1 Å². The quantitative estimate of drug-likeness (QED) is 0.526. The van der Waals surface area contributed by atoms with Gasteiger partial charge < -0.3 is 25.3 Å². The molecule has 2 amide bonds. The third kappa shape index (κ3) is 4.39. The average molecular weight is 284 g/mol. The normalized spacial score (nSPS) is 13.3. The first-order valence-corrected chi connectivity index (χ1v) is 5.94. The number of carbonyl (C=O) groups is 3. The minimum atomic E-state index is -1.25. The summed E-state index contributed by atoms with van der Waals surface area (Å²) in [7, 11) is 0. The molecule has 0 fully saturated rings. The van der Waals surface area contributed by atoms with E-state index in [1.165, 1.54) is 25.3 Å². The summed E-state index contributed by atoms with van der Waals surface area (Å²) < 4.78 is 4.86. The molecular formula is C12H16N2O6. The third-order valence-electron chi connectivity index (χ3n) is 2.52. The molecule has 1 rings (SSSR count). The first kappa shape index (κ1) is 15.7. The Morgan fingerprint density at radius 3 is 2.55 bits per heavy atom. The Balaban J connectivity index is 2.54. The Labute approximate surface area is 114 Å². The van der Waals surface area contributed by atoms with E-state index in [9.17, 15) is 14.4 Å². The van der Waals surface area contributed by atoms with Gasteiger partial charge in [-0.1, -0.05) is 0 Å². The summed E-state index contributed by atoms with van der Waals surface area (Å²) in [6, 6.07) is 0.830. The number of aliphatic carboxylic acids is 1. The van der Waals surface area contributed by atoms with Crippen molar-refractivity contribution in [2.75, 3.05) is 6.61 Å². The van der Waals surface area contributed by atoms with Gasteiger partial charge in [0.15, 0.2) is 5.76 Å². The molecule has 0 aliphatic rings. The SMILES string of the molecule is CC(NC(=O)c1ccco1)C(=O)N[C@H](CCO)C(=O)O. The molecule has 1 aromatic rings. The van der Waals surface area contributed by atoms with Crippen molar-refractivity contribution in [3.8, 4) is 0 Å². The van der Waals surface area contributed by atoms with Gasteiger partial charge in [-0.15, -0.1) is 0 Å². The molecule has 0 radical (unpaired) electrons. The lowest BCUT2D eigenvalue weighted by Crippen LogP contribution is -2.50. The standard InChI is InChI=1S/C12H16N2O6/c1-7(13-11(17)9-3-2-6-20-9)10(16)14-8(4-5-15)12(18)19/h2-3,6-8,15H,4-5H2,1H3,(H,13,17)(H,14,16)(H,18,19)/t7?,8-/m1/s1. The molecule has 2 atom stereocenters. The van der Waals surface area contributed by atoms with Gasteiger partial charge in [0, 0.05) is 13.0 Å². The van der Waals surface area contributed by atoms with Crippen LogP contribution in [0.3, 0.4) is 0 Å². The van der Waals surface area contributed by atoms with Gasteiger partial charge in [0.05, 0.1) is 6.26 Å². The molecule has 20 heavy (non-hydrogen) atoms. The van der Waals surface area contributed by atoms with Crippen molar-refractivity contribution in [3.63, 3.8) is 0 Å². The number of nitrogens with one attached hydrogen (secondary N) is 2. The smallest absolute Gasteiger partial charge is 0.326 e. The fourth-order valence-electron chi connectivity index (χ4n) is 1.42. The maximum atomic E-state index is 11.7. The molecule has 8 nitrogen and oxygen atoms in total. The van der Waals surface area contributed by atoms with E-state index in [-0.39, 0.29) is 18.8 Å². The lowest BCUT2D eigenvalue weighted by atomic mass is 10.2. The molecule has 8 heteroatoms. The van der Waals surface area contributed by atoms with Crippen LogP contribution in [-0.4, -0.2) is 46.7 Å². The van der Waals surface area contributed by atoms with E-state index in [1.54, 1.807) is 0 Å². The minimum Gasteiger partial charge on any atom is -0.480 e. The number of carbonyl (C=O) groups excluding carboxylic acids is 2. The second kappa shape index (κ2) is 7.29. The number of furan rings is 1. The molecule has 0 aromatic carbocycles. The maximum Gasteiger partial charge on any atom is 0.326 e. The number of carboxylic acid groups (broad SMARTS) is 1. The second-order valence-corrected chi connectivity index (χ2v) is 4.08. The zero-order valence-corrected chi connectivity index (χ0v) is 10.8. The largest absolute Gasteiger partial charge is 0.480 e. The first-order valence-electron chi connectivity index (χ1n) is 5.94. The fourth-order valence-corrected chi connectivity index (χ4v) is 1.42. The zero-order chi connectivity index (χ0) is 15.1. The Hall–Kier alpha value is -2.35. The highest BCUT2D eigenvalue weighted by Gasteiger charge is 2.24. The number of aliphatic hydroxyl groups is 1. The van der Waals surface area contributed by atoms with Gasteiger partial charge in [-0.2, -0.15) is 0 Å². The van der Waals surface area contributed by atoms with E-state index in [4.69, 9.17) is 14.6 Å². The molecule has 1 unspecified atom stereocenters. The Kier molecular flexibility index (Phi) is 5.73. The molecule has 110 valence electrons. The number of rotatable bonds is 7. The van der Waals surface area contributed by atoms with Gasteiger partial charge in [0.25, 0.3) is 5.91 Å². The van der Waals surface area contributed by atoms with E-state index >= 15 is 0 Å². The first-order chi connectivity index (χ1) is 9.45. The van der Waals surface area contributed by atoms with E-state index in [1.807, 2.05) is 0 Å². The summed E-state index contributed by atoms with van der Waals surface area (Å²) in [6.07, 6.45) is 1.21. The van der Waals surface area contributed by atoms with Crippen LogP contribution in [0.15, 0.2) is 22.8 Å². The predicted molar refractivity (Wildman–Crippen MR) is 66.9 cm³/mol. The second-order valence-electron chi connectivity index (χ2n) is 4.08. The van der Waals surface area contributed by atoms with E-state index < -0.39 is 29.9 Å². The van der Waals surface area contributed by atoms with Crippen molar-refractivity contribution in [1.82, 2.24) is 10.6 Å². The Morgan fingerprint density at radius 1 is 1.35 bits per heavy atom. The Bertz CT molecular complexity index is 470. The van der Waals surface area contributed by atoms with Gasteiger partial charge in [-0.3, -0.25) is 9.59 Å². The monoisotopic (exact) mass is 284 g/mol. The van der Waals surface area contributed by atoms with Crippen LogP contribution >= 0.6 is 0 Å². The molecule has 0 saturated carbocycles. The maximum absolute atomic E-state index is 11.7. The van der Waals surface area contributed by atoms with Gasteiger partial charge in [-0.05, 0) is 19.1 Å². The molecule has 0 aliphatic carbocycles. The van der Waals surface area contributed by atoms with Crippen LogP contribution in [0.25, 0.3) is 0 Å². The van der Waals surface area contributed by atoms with Crippen LogP contribution in [0.4, 0.5) is 0 Å². The zero-order valence-electron chi connectivity index (χ0n) is 10.8. The Morgan fingerprint density at radius 2 is 2.05 bits per heavy atom. The van der Waals surface area contributed by atoms with Crippen molar-refractivity contribution < 1.29 is 29.0 Å². The molecule has 0 spiro atoms. The van der Waals surface area contributed by atoms with Crippen LogP contribution in [0.1, 0.15) is 23.9 Å². The molecule has 1 aromatic heterocycles. The van der Waals surface area contributed by atoms with Crippen LogP contribution in [-0.2, 0) is 9.59 Å². The molecule has 1 heterocycles. The van der Waals surface area contributed by atoms with Crippen molar-refractivity contribution in [2.45, 2.75) is 25.4 Å². The van der Waals surface area contributed by atoms with Crippen LogP contribution < -0.4 is 10.6 Å². The minimum absolute atomic E-state index is 0.0507. The molecule has 4 N–H and O–H groups in total. The highest BCUT2D eigenvalue weighted by molar-refractivity contribution is 5.96.